The summed E-state index contributed by atoms with van der Waals surface area (Å²) in [5, 5.41) is 7.79. The summed E-state index contributed by atoms with van der Waals surface area (Å²) in [7, 11) is -3.14. The summed E-state index contributed by atoms with van der Waals surface area (Å²) in [6.45, 7) is 1.74. The van der Waals surface area contributed by atoms with Crippen LogP contribution in [-0.4, -0.2) is 43.6 Å². The minimum atomic E-state index is -4.35. The Bertz CT molecular complexity index is 943. The Morgan fingerprint density at radius 3 is 2.52 bits per heavy atom. The molecule has 12 heteroatoms. The highest BCUT2D eigenvalue weighted by Gasteiger charge is 2.19. The van der Waals surface area contributed by atoms with Crippen molar-refractivity contribution in [3.8, 4) is 0 Å². The third-order valence-electron chi connectivity index (χ3n) is 3.78. The molecule has 1 aromatic heterocycles. The van der Waals surface area contributed by atoms with Crippen LogP contribution < -0.4 is 15.4 Å². The maximum Gasteiger partial charge on any atom is 0.407 e. The van der Waals surface area contributed by atoms with Crippen molar-refractivity contribution in [1.29, 1.82) is 0 Å². The van der Waals surface area contributed by atoms with Crippen LogP contribution in [0.3, 0.4) is 0 Å². The molecule has 0 spiro atoms. The SMILES string of the molecule is CCc1csc(C(Cc2ccc(NS(=O)(=O)O)cc2)NC(=O)CNC(=O)OC)n1. The lowest BCUT2D eigenvalue weighted by molar-refractivity contribution is -0.120. The molecule has 0 fully saturated rings. The number of benzene rings is 1. The average Bonchev–Trinajstić information content (AvgIpc) is 3.15. The number of anilines is 1. The summed E-state index contributed by atoms with van der Waals surface area (Å²) in [5.74, 6) is -0.404. The first-order valence-electron chi connectivity index (χ1n) is 8.59. The van der Waals surface area contributed by atoms with Gasteiger partial charge in [-0.2, -0.15) is 8.42 Å². The van der Waals surface area contributed by atoms with Crippen molar-refractivity contribution in [3.05, 3.63) is 45.9 Å². The maximum atomic E-state index is 12.2. The number of carbonyl (C=O) groups is 2. The molecule has 10 nitrogen and oxygen atoms in total. The fraction of sp³-hybridized carbons (Fsp3) is 0.353. The highest BCUT2D eigenvalue weighted by atomic mass is 32.2. The van der Waals surface area contributed by atoms with Gasteiger partial charge in [0, 0.05) is 5.38 Å². The topological polar surface area (TPSA) is 147 Å². The number of ether oxygens (including phenoxy) is 1. The van der Waals surface area contributed by atoms with Crippen molar-refractivity contribution in [2.24, 2.45) is 0 Å². The van der Waals surface area contributed by atoms with Crippen LogP contribution in [0.2, 0.25) is 0 Å². The van der Waals surface area contributed by atoms with E-state index in [9.17, 15) is 18.0 Å². The van der Waals surface area contributed by atoms with Gasteiger partial charge in [0.2, 0.25) is 5.91 Å². The molecule has 1 unspecified atom stereocenters. The minimum absolute atomic E-state index is 0.210. The Kier molecular flexibility index (Phi) is 7.93. The molecule has 29 heavy (non-hydrogen) atoms. The normalized spacial score (nSPS) is 12.1. The molecule has 158 valence electrons. The minimum Gasteiger partial charge on any atom is -0.453 e. The predicted octanol–water partition coefficient (Wildman–Crippen LogP) is 1.68. The number of nitrogens with one attached hydrogen (secondary N) is 3. The number of hydrogen-bond donors (Lipinski definition) is 4. The van der Waals surface area contributed by atoms with Crippen LogP contribution in [-0.2, 0) is 32.7 Å². The summed E-state index contributed by atoms with van der Waals surface area (Å²) >= 11 is 1.42. The van der Waals surface area contributed by atoms with Crippen molar-refractivity contribution >= 4 is 39.3 Å². The Hall–Kier alpha value is -2.70. The standard InChI is InChI=1S/C17H22N4O6S2/c1-3-12-10-28-16(19-12)14(20-15(22)9-18-17(23)27-2)8-11-4-6-13(7-5-11)21-29(24,25)26/h4-7,10,14,21H,3,8-9H2,1-2H3,(H,18,23)(H,20,22)(H,24,25,26). The van der Waals surface area contributed by atoms with E-state index in [1.807, 2.05) is 17.0 Å². The molecule has 0 saturated heterocycles. The molecule has 1 atom stereocenters. The van der Waals surface area contributed by atoms with E-state index in [0.29, 0.717) is 11.4 Å². The van der Waals surface area contributed by atoms with Gasteiger partial charge in [-0.05, 0) is 30.5 Å². The summed E-state index contributed by atoms with van der Waals surface area (Å²) in [6.07, 6.45) is 0.449. The van der Waals surface area contributed by atoms with Crippen molar-refractivity contribution in [2.75, 3.05) is 18.4 Å². The number of alkyl carbamates (subject to hydrolysis) is 1. The van der Waals surface area contributed by atoms with E-state index >= 15 is 0 Å². The molecular weight excluding hydrogens is 420 g/mol. The number of aromatic nitrogens is 1. The van der Waals surface area contributed by atoms with Crippen LogP contribution >= 0.6 is 11.3 Å². The lowest BCUT2D eigenvalue weighted by Gasteiger charge is -2.17. The van der Waals surface area contributed by atoms with Gasteiger partial charge >= 0.3 is 16.4 Å². The molecule has 2 rings (SSSR count). The predicted molar refractivity (Wildman–Crippen MR) is 108 cm³/mol. The molecular formula is C17H22N4O6S2. The van der Waals surface area contributed by atoms with E-state index in [2.05, 4.69) is 20.4 Å². The van der Waals surface area contributed by atoms with E-state index in [1.54, 1.807) is 12.1 Å². The van der Waals surface area contributed by atoms with E-state index in [0.717, 1.165) is 17.7 Å². The van der Waals surface area contributed by atoms with Gasteiger partial charge in [-0.3, -0.25) is 14.1 Å². The molecule has 1 aromatic carbocycles. The summed E-state index contributed by atoms with van der Waals surface area (Å²) in [4.78, 5) is 27.9. The zero-order chi connectivity index (χ0) is 21.4. The number of thiazole rings is 1. The molecule has 4 N–H and O–H groups in total. The molecule has 2 amide bonds. The van der Waals surface area contributed by atoms with Gasteiger partial charge in [0.05, 0.1) is 24.5 Å². The van der Waals surface area contributed by atoms with Crippen LogP contribution in [0.1, 0.15) is 29.2 Å². The second kappa shape index (κ2) is 10.2. The first-order chi connectivity index (χ1) is 13.7. The number of amides is 2. The first kappa shape index (κ1) is 22.6. The number of nitrogens with zero attached hydrogens (tertiary/aromatic N) is 1. The van der Waals surface area contributed by atoms with Gasteiger partial charge in [0.1, 0.15) is 11.6 Å². The Morgan fingerprint density at radius 1 is 1.28 bits per heavy atom. The highest BCUT2D eigenvalue weighted by Crippen LogP contribution is 2.23. The van der Waals surface area contributed by atoms with Crippen LogP contribution in [0.25, 0.3) is 0 Å². The molecule has 0 bridgehead atoms. The Labute approximate surface area is 172 Å². The zero-order valence-corrected chi connectivity index (χ0v) is 17.5. The van der Waals surface area contributed by atoms with E-state index in [-0.39, 0.29) is 12.2 Å². The van der Waals surface area contributed by atoms with E-state index < -0.39 is 28.3 Å². The van der Waals surface area contributed by atoms with E-state index in [1.165, 1.54) is 30.6 Å². The number of carbonyl (C=O) groups excluding carboxylic acids is 2. The second-order valence-corrected chi connectivity index (χ2v) is 8.02. The van der Waals surface area contributed by atoms with Gasteiger partial charge in [-0.15, -0.1) is 11.3 Å². The maximum absolute atomic E-state index is 12.2. The molecule has 0 aliphatic carbocycles. The third-order valence-corrected chi connectivity index (χ3v) is 5.29. The van der Waals surface area contributed by atoms with Gasteiger partial charge < -0.3 is 15.4 Å². The van der Waals surface area contributed by atoms with E-state index in [4.69, 9.17) is 4.55 Å². The molecule has 2 aromatic rings. The fourth-order valence-electron chi connectivity index (χ4n) is 2.41. The summed E-state index contributed by atoms with van der Waals surface area (Å²) in [5.41, 5.74) is 1.93. The second-order valence-electron chi connectivity index (χ2n) is 5.97. The molecule has 0 radical (unpaired) electrons. The van der Waals surface area contributed by atoms with Crippen LogP contribution in [0.15, 0.2) is 29.6 Å². The molecule has 1 heterocycles. The smallest absolute Gasteiger partial charge is 0.407 e. The number of rotatable bonds is 9. The van der Waals surface area contributed by atoms with Crippen molar-refractivity contribution < 1.29 is 27.3 Å². The Balaban J connectivity index is 2.12. The highest BCUT2D eigenvalue weighted by molar-refractivity contribution is 7.87. The van der Waals surface area contributed by atoms with Gasteiger partial charge in [0.15, 0.2) is 0 Å². The van der Waals surface area contributed by atoms with Gasteiger partial charge in [0.25, 0.3) is 0 Å². The largest absolute Gasteiger partial charge is 0.453 e. The monoisotopic (exact) mass is 442 g/mol. The van der Waals surface area contributed by atoms with Crippen LogP contribution in [0.5, 0.6) is 0 Å². The quantitative estimate of drug-likeness (QED) is 0.432. The third kappa shape index (κ3) is 7.68. The van der Waals surface area contributed by atoms with Crippen molar-refractivity contribution in [3.63, 3.8) is 0 Å². The summed E-state index contributed by atoms with van der Waals surface area (Å²) < 4.78 is 37.0. The average molecular weight is 443 g/mol. The zero-order valence-electron chi connectivity index (χ0n) is 15.8. The van der Waals surface area contributed by atoms with Gasteiger partial charge in [-0.1, -0.05) is 19.1 Å². The molecule has 0 saturated carbocycles. The van der Waals surface area contributed by atoms with Crippen molar-refractivity contribution in [2.45, 2.75) is 25.8 Å². The Morgan fingerprint density at radius 2 is 1.97 bits per heavy atom. The fourth-order valence-corrected chi connectivity index (χ4v) is 3.80. The molecule has 0 aliphatic rings. The lowest BCUT2D eigenvalue weighted by atomic mass is 10.1. The van der Waals surface area contributed by atoms with Crippen LogP contribution in [0, 0.1) is 0 Å². The van der Waals surface area contributed by atoms with Gasteiger partial charge in [-0.25, -0.2) is 9.78 Å². The lowest BCUT2D eigenvalue weighted by Crippen LogP contribution is -2.39. The van der Waals surface area contributed by atoms with Crippen molar-refractivity contribution in [1.82, 2.24) is 15.6 Å². The van der Waals surface area contributed by atoms with Crippen LogP contribution in [0.4, 0.5) is 10.5 Å². The number of methoxy groups -OCH3 is 1. The first-order valence-corrected chi connectivity index (χ1v) is 10.9. The molecule has 0 aliphatic heterocycles. The number of aryl methyl sites for hydroxylation is 1. The number of hydrogen-bond acceptors (Lipinski definition) is 7. The summed E-state index contributed by atoms with van der Waals surface area (Å²) in [6, 6.07) is 5.91.